The minimum atomic E-state index is -0.195. The molecule has 2 heterocycles. The van der Waals surface area contributed by atoms with Gasteiger partial charge in [-0.05, 0) is 47.6 Å². The Morgan fingerprint density at radius 2 is 1.59 bits per heavy atom. The normalized spacial score (nSPS) is 18.5. The molecule has 1 spiro atoms. The van der Waals surface area contributed by atoms with Gasteiger partial charge in [0.15, 0.2) is 0 Å². The molecule has 2 aliphatic rings. The SMILES string of the molecule is CC(C)(C)c1ccc(C(=O)N2CCSC23CCN(C(=O)C=Cc2ccccc2)CC3)cc1. The zero-order valence-corrected chi connectivity index (χ0v) is 20.0. The molecule has 168 valence electrons. The predicted octanol–water partition coefficient (Wildman–Crippen LogP) is 5.21. The number of hydrogen-bond acceptors (Lipinski definition) is 3. The van der Waals surface area contributed by atoms with E-state index in [4.69, 9.17) is 0 Å². The Bertz CT molecular complexity index is 985. The lowest BCUT2D eigenvalue weighted by molar-refractivity contribution is -0.127. The quantitative estimate of drug-likeness (QED) is 0.606. The summed E-state index contributed by atoms with van der Waals surface area (Å²) in [6.45, 7) is 8.67. The second kappa shape index (κ2) is 9.14. The van der Waals surface area contributed by atoms with Gasteiger partial charge in [0.2, 0.25) is 5.91 Å². The first-order chi connectivity index (χ1) is 15.3. The van der Waals surface area contributed by atoms with Crippen LogP contribution >= 0.6 is 11.8 Å². The molecule has 2 amide bonds. The summed E-state index contributed by atoms with van der Waals surface area (Å²) in [5.41, 5.74) is 3.08. The van der Waals surface area contributed by atoms with Crippen molar-refractivity contribution in [2.75, 3.05) is 25.4 Å². The van der Waals surface area contributed by atoms with Gasteiger partial charge in [-0.15, -0.1) is 11.8 Å². The average Bonchev–Trinajstić information content (AvgIpc) is 3.20. The van der Waals surface area contributed by atoms with E-state index in [0.717, 1.165) is 36.3 Å². The number of nitrogens with zero attached hydrogens (tertiary/aromatic N) is 2. The lowest BCUT2D eigenvalue weighted by atomic mass is 9.86. The van der Waals surface area contributed by atoms with E-state index in [2.05, 4.69) is 37.8 Å². The van der Waals surface area contributed by atoms with Gasteiger partial charge in [0.25, 0.3) is 5.91 Å². The van der Waals surface area contributed by atoms with E-state index >= 15 is 0 Å². The van der Waals surface area contributed by atoms with Crippen molar-refractivity contribution in [2.24, 2.45) is 0 Å². The van der Waals surface area contributed by atoms with Crippen molar-refractivity contribution < 1.29 is 9.59 Å². The van der Waals surface area contributed by atoms with Gasteiger partial charge in [-0.3, -0.25) is 9.59 Å². The maximum absolute atomic E-state index is 13.4. The van der Waals surface area contributed by atoms with Crippen molar-refractivity contribution in [3.8, 4) is 0 Å². The Morgan fingerprint density at radius 1 is 0.938 bits per heavy atom. The van der Waals surface area contributed by atoms with E-state index in [-0.39, 0.29) is 22.1 Å². The summed E-state index contributed by atoms with van der Waals surface area (Å²) in [5.74, 6) is 1.11. The van der Waals surface area contributed by atoms with E-state index in [0.29, 0.717) is 13.1 Å². The zero-order chi connectivity index (χ0) is 22.8. The fourth-order valence-electron chi connectivity index (χ4n) is 4.49. The van der Waals surface area contributed by atoms with Crippen LogP contribution in [-0.2, 0) is 10.2 Å². The van der Waals surface area contributed by atoms with Crippen LogP contribution in [-0.4, -0.2) is 51.9 Å². The number of carbonyl (C=O) groups is 2. The molecule has 0 aliphatic carbocycles. The third-order valence-electron chi connectivity index (χ3n) is 6.49. The van der Waals surface area contributed by atoms with Crippen molar-refractivity contribution in [3.05, 3.63) is 77.4 Å². The summed E-state index contributed by atoms with van der Waals surface area (Å²) < 4.78 is 0. The number of rotatable bonds is 3. The van der Waals surface area contributed by atoms with Gasteiger partial charge in [-0.2, -0.15) is 0 Å². The Hall–Kier alpha value is -2.53. The molecule has 0 unspecified atom stereocenters. The summed E-state index contributed by atoms with van der Waals surface area (Å²) in [4.78, 5) is 29.8. The van der Waals surface area contributed by atoms with Crippen molar-refractivity contribution >= 4 is 29.7 Å². The van der Waals surface area contributed by atoms with Gasteiger partial charge in [-0.25, -0.2) is 0 Å². The van der Waals surface area contributed by atoms with Gasteiger partial charge in [0, 0.05) is 37.0 Å². The zero-order valence-electron chi connectivity index (χ0n) is 19.2. The van der Waals surface area contributed by atoms with Crippen molar-refractivity contribution in [1.29, 1.82) is 0 Å². The molecule has 0 radical (unpaired) electrons. The average molecular weight is 449 g/mol. The monoisotopic (exact) mass is 448 g/mol. The molecule has 32 heavy (non-hydrogen) atoms. The molecule has 2 saturated heterocycles. The van der Waals surface area contributed by atoms with Crippen molar-refractivity contribution in [3.63, 3.8) is 0 Å². The molecule has 0 saturated carbocycles. The van der Waals surface area contributed by atoms with Crippen LogP contribution in [0.3, 0.4) is 0 Å². The maximum atomic E-state index is 13.4. The minimum absolute atomic E-state index is 0.0438. The molecular weight excluding hydrogens is 416 g/mol. The number of benzene rings is 2. The second-order valence-electron chi connectivity index (χ2n) is 9.65. The summed E-state index contributed by atoms with van der Waals surface area (Å²) in [7, 11) is 0. The minimum Gasteiger partial charge on any atom is -0.339 e. The molecule has 0 atom stereocenters. The van der Waals surface area contributed by atoms with Crippen molar-refractivity contribution in [2.45, 2.75) is 43.9 Å². The highest BCUT2D eigenvalue weighted by Gasteiger charge is 2.46. The van der Waals surface area contributed by atoms with Crippen LogP contribution in [0.15, 0.2) is 60.7 Å². The fraction of sp³-hybridized carbons (Fsp3) is 0.407. The first kappa shape index (κ1) is 22.7. The Kier molecular flexibility index (Phi) is 6.47. The summed E-state index contributed by atoms with van der Waals surface area (Å²) in [5, 5.41) is 0. The van der Waals surface area contributed by atoms with Gasteiger partial charge >= 0.3 is 0 Å². The summed E-state index contributed by atoms with van der Waals surface area (Å²) in [6, 6.07) is 18.0. The molecular formula is C27H32N2O2S. The molecule has 4 nitrogen and oxygen atoms in total. The highest BCUT2D eigenvalue weighted by molar-refractivity contribution is 8.00. The lowest BCUT2D eigenvalue weighted by Crippen LogP contribution is -2.53. The Morgan fingerprint density at radius 3 is 2.22 bits per heavy atom. The molecule has 2 aromatic rings. The molecule has 5 heteroatoms. The van der Waals surface area contributed by atoms with Gasteiger partial charge in [-0.1, -0.05) is 63.2 Å². The van der Waals surface area contributed by atoms with Gasteiger partial charge in [0.1, 0.15) is 0 Å². The third-order valence-corrected chi connectivity index (χ3v) is 8.05. The topological polar surface area (TPSA) is 40.6 Å². The number of thioether (sulfide) groups is 1. The predicted molar refractivity (Wildman–Crippen MR) is 133 cm³/mol. The fourth-order valence-corrected chi connectivity index (χ4v) is 5.95. The van der Waals surface area contributed by atoms with E-state index in [1.54, 1.807) is 6.08 Å². The molecule has 4 rings (SSSR count). The molecule has 2 aliphatic heterocycles. The van der Waals surface area contributed by atoms with Gasteiger partial charge in [0.05, 0.1) is 4.87 Å². The van der Waals surface area contributed by atoms with Crippen LogP contribution in [0.25, 0.3) is 6.08 Å². The first-order valence-corrected chi connectivity index (χ1v) is 12.4. The number of amides is 2. The molecule has 0 aromatic heterocycles. The van der Waals surface area contributed by atoms with Crippen LogP contribution in [0.2, 0.25) is 0 Å². The Labute approximate surface area is 195 Å². The number of piperidine rings is 1. The first-order valence-electron chi connectivity index (χ1n) is 11.4. The largest absolute Gasteiger partial charge is 0.339 e. The van der Waals surface area contributed by atoms with Crippen LogP contribution in [0.5, 0.6) is 0 Å². The van der Waals surface area contributed by atoms with Gasteiger partial charge < -0.3 is 9.80 Å². The molecule has 2 fully saturated rings. The third kappa shape index (κ3) is 4.78. The van der Waals surface area contributed by atoms with E-state index in [1.807, 2.05) is 65.2 Å². The number of hydrogen-bond donors (Lipinski definition) is 0. The highest BCUT2D eigenvalue weighted by Crippen LogP contribution is 2.44. The van der Waals surface area contributed by atoms with Crippen LogP contribution < -0.4 is 0 Å². The van der Waals surface area contributed by atoms with Crippen LogP contribution in [0, 0.1) is 0 Å². The van der Waals surface area contributed by atoms with E-state index in [9.17, 15) is 9.59 Å². The summed E-state index contributed by atoms with van der Waals surface area (Å²) >= 11 is 1.88. The second-order valence-corrected chi connectivity index (χ2v) is 11.1. The smallest absolute Gasteiger partial charge is 0.254 e. The maximum Gasteiger partial charge on any atom is 0.254 e. The van der Waals surface area contributed by atoms with Crippen LogP contribution in [0.1, 0.15) is 55.1 Å². The summed E-state index contributed by atoms with van der Waals surface area (Å²) in [6.07, 6.45) is 5.16. The van der Waals surface area contributed by atoms with Crippen LogP contribution in [0.4, 0.5) is 0 Å². The van der Waals surface area contributed by atoms with E-state index < -0.39 is 0 Å². The standard InChI is InChI=1S/C27H32N2O2S/c1-26(2,3)23-12-10-22(11-13-23)25(31)29-19-20-32-27(29)15-17-28(18-16-27)24(30)14-9-21-7-5-4-6-8-21/h4-14H,15-20H2,1-3H3. The molecule has 0 N–H and O–H groups in total. The number of likely N-dealkylation sites (tertiary alicyclic amines) is 1. The number of carbonyl (C=O) groups excluding carboxylic acids is 2. The van der Waals surface area contributed by atoms with Crippen molar-refractivity contribution in [1.82, 2.24) is 9.80 Å². The lowest BCUT2D eigenvalue weighted by Gasteiger charge is -2.44. The van der Waals surface area contributed by atoms with E-state index in [1.165, 1.54) is 5.56 Å². The highest BCUT2D eigenvalue weighted by atomic mass is 32.2. The Balaban J connectivity index is 1.41. The molecule has 2 aromatic carbocycles. The molecule has 0 bridgehead atoms.